The number of halogens is 3. The third-order valence-electron chi connectivity index (χ3n) is 3.93. The molecule has 1 saturated heterocycles. The summed E-state index contributed by atoms with van der Waals surface area (Å²) in [5.41, 5.74) is -2.04. The first-order valence-corrected chi connectivity index (χ1v) is 7.09. The van der Waals surface area contributed by atoms with Crippen LogP contribution in [0.2, 0.25) is 0 Å². The smallest absolute Gasteiger partial charge is 0.391 e. The predicted molar refractivity (Wildman–Crippen MR) is 75.3 cm³/mol. The lowest BCUT2D eigenvalue weighted by Gasteiger charge is -2.23. The lowest BCUT2D eigenvalue weighted by atomic mass is 9.91. The third-order valence-corrected chi connectivity index (χ3v) is 3.93. The van der Waals surface area contributed by atoms with E-state index >= 15 is 0 Å². The summed E-state index contributed by atoms with van der Waals surface area (Å²) >= 11 is 0. The van der Waals surface area contributed by atoms with E-state index in [1.807, 2.05) is 0 Å². The average Bonchev–Trinajstić information content (AvgIpc) is 2.71. The molecule has 2 atom stereocenters. The summed E-state index contributed by atoms with van der Waals surface area (Å²) in [6.45, 7) is 2.98. The number of hydrogen-bond acceptors (Lipinski definition) is 3. The zero-order valence-electron chi connectivity index (χ0n) is 12.6. The van der Waals surface area contributed by atoms with Gasteiger partial charge >= 0.3 is 12.2 Å². The zero-order valence-corrected chi connectivity index (χ0v) is 12.6. The fourth-order valence-electron chi connectivity index (χ4n) is 2.39. The maximum absolute atomic E-state index is 12.6. The van der Waals surface area contributed by atoms with E-state index in [1.54, 1.807) is 6.92 Å². The SMILES string of the molecule is CCC(O)CN1C(=O)NC(C)(c2ccc(C(F)(F)F)cc2)C1=O. The molecular weight excluding hydrogens is 313 g/mol. The normalized spacial score (nSPS) is 23.1. The Morgan fingerprint density at radius 1 is 1.26 bits per heavy atom. The van der Waals surface area contributed by atoms with Gasteiger partial charge in [-0.3, -0.25) is 9.69 Å². The van der Waals surface area contributed by atoms with Gasteiger partial charge in [0.05, 0.1) is 18.2 Å². The number of β-amino-alcohol motifs (C(OH)–C–C–N with tert-alkyl or cyclic N) is 1. The number of aliphatic hydroxyl groups excluding tert-OH is 1. The van der Waals surface area contributed by atoms with Crippen molar-refractivity contribution in [2.45, 2.75) is 38.1 Å². The Balaban J connectivity index is 2.28. The molecule has 23 heavy (non-hydrogen) atoms. The lowest BCUT2D eigenvalue weighted by Crippen LogP contribution is -2.42. The van der Waals surface area contributed by atoms with Crippen LogP contribution in [-0.4, -0.2) is 34.6 Å². The number of carbonyl (C=O) groups is 2. The van der Waals surface area contributed by atoms with E-state index in [0.717, 1.165) is 17.0 Å². The molecule has 1 aliphatic heterocycles. The second-order valence-corrected chi connectivity index (χ2v) is 5.61. The Kier molecular flexibility index (Phi) is 4.39. The van der Waals surface area contributed by atoms with Crippen LogP contribution in [0.1, 0.15) is 31.4 Å². The molecule has 1 heterocycles. The number of urea groups is 1. The highest BCUT2D eigenvalue weighted by atomic mass is 19.4. The van der Waals surface area contributed by atoms with Crippen molar-refractivity contribution in [2.75, 3.05) is 6.54 Å². The summed E-state index contributed by atoms with van der Waals surface area (Å²) in [5, 5.41) is 12.1. The van der Waals surface area contributed by atoms with E-state index in [1.165, 1.54) is 19.1 Å². The van der Waals surface area contributed by atoms with Crippen LogP contribution in [0, 0.1) is 0 Å². The number of hydrogen-bond donors (Lipinski definition) is 2. The molecule has 2 N–H and O–H groups in total. The molecule has 1 aromatic carbocycles. The van der Waals surface area contributed by atoms with Crippen molar-refractivity contribution in [2.24, 2.45) is 0 Å². The molecule has 0 bridgehead atoms. The highest BCUT2D eigenvalue weighted by Crippen LogP contribution is 2.33. The molecule has 1 aliphatic rings. The average molecular weight is 330 g/mol. The number of rotatable bonds is 4. The van der Waals surface area contributed by atoms with Crippen LogP contribution < -0.4 is 5.32 Å². The van der Waals surface area contributed by atoms with E-state index < -0.39 is 35.3 Å². The Morgan fingerprint density at radius 2 is 1.83 bits per heavy atom. The maximum atomic E-state index is 12.6. The molecule has 1 aromatic rings. The molecule has 0 saturated carbocycles. The number of alkyl halides is 3. The molecule has 8 heteroatoms. The predicted octanol–water partition coefficient (Wildman–Crippen LogP) is 2.24. The van der Waals surface area contributed by atoms with Gasteiger partial charge in [-0.2, -0.15) is 13.2 Å². The first-order valence-electron chi connectivity index (χ1n) is 7.09. The summed E-state index contributed by atoms with van der Waals surface area (Å²) in [7, 11) is 0. The molecule has 3 amide bonds. The van der Waals surface area contributed by atoms with Crippen molar-refractivity contribution in [1.82, 2.24) is 10.2 Å². The van der Waals surface area contributed by atoms with Crippen molar-refractivity contribution in [1.29, 1.82) is 0 Å². The summed E-state index contributed by atoms with van der Waals surface area (Å²) < 4.78 is 37.8. The fourth-order valence-corrected chi connectivity index (χ4v) is 2.39. The van der Waals surface area contributed by atoms with Crippen LogP contribution >= 0.6 is 0 Å². The van der Waals surface area contributed by atoms with Crippen LogP contribution in [0.25, 0.3) is 0 Å². The Hall–Kier alpha value is -2.09. The highest BCUT2D eigenvalue weighted by Gasteiger charge is 2.49. The molecule has 2 rings (SSSR count). The fraction of sp³-hybridized carbons (Fsp3) is 0.467. The number of carbonyl (C=O) groups excluding carboxylic acids is 2. The molecule has 0 spiro atoms. The van der Waals surface area contributed by atoms with Gasteiger partial charge in [0, 0.05) is 0 Å². The van der Waals surface area contributed by atoms with E-state index in [9.17, 15) is 27.9 Å². The van der Waals surface area contributed by atoms with Crippen LogP contribution in [0.3, 0.4) is 0 Å². The molecule has 126 valence electrons. The van der Waals surface area contributed by atoms with Gasteiger partial charge in [-0.15, -0.1) is 0 Å². The number of nitrogens with zero attached hydrogens (tertiary/aromatic N) is 1. The van der Waals surface area contributed by atoms with Crippen molar-refractivity contribution in [3.63, 3.8) is 0 Å². The van der Waals surface area contributed by atoms with Crippen molar-refractivity contribution < 1.29 is 27.9 Å². The van der Waals surface area contributed by atoms with Gasteiger partial charge in [-0.1, -0.05) is 19.1 Å². The molecule has 0 radical (unpaired) electrons. The Labute approximate surface area is 131 Å². The number of aliphatic hydroxyl groups is 1. The molecule has 2 unspecified atom stereocenters. The van der Waals surface area contributed by atoms with Gasteiger partial charge in [0.15, 0.2) is 0 Å². The first kappa shape index (κ1) is 17.3. The monoisotopic (exact) mass is 330 g/mol. The van der Waals surface area contributed by atoms with E-state index in [2.05, 4.69) is 5.32 Å². The van der Waals surface area contributed by atoms with E-state index in [-0.39, 0.29) is 12.1 Å². The number of amides is 3. The van der Waals surface area contributed by atoms with Crippen molar-refractivity contribution >= 4 is 11.9 Å². The summed E-state index contributed by atoms with van der Waals surface area (Å²) in [5.74, 6) is -0.602. The molecule has 1 fully saturated rings. The van der Waals surface area contributed by atoms with Gasteiger partial charge in [-0.05, 0) is 31.0 Å². The number of benzene rings is 1. The lowest BCUT2D eigenvalue weighted by molar-refractivity contribution is -0.137. The quantitative estimate of drug-likeness (QED) is 0.832. The minimum Gasteiger partial charge on any atom is -0.391 e. The van der Waals surface area contributed by atoms with Crippen LogP contribution in [0.15, 0.2) is 24.3 Å². The first-order chi connectivity index (χ1) is 10.6. The van der Waals surface area contributed by atoms with Crippen molar-refractivity contribution in [3.05, 3.63) is 35.4 Å². The van der Waals surface area contributed by atoms with Gasteiger partial charge < -0.3 is 10.4 Å². The summed E-state index contributed by atoms with van der Waals surface area (Å²) in [4.78, 5) is 25.3. The topological polar surface area (TPSA) is 69.6 Å². The highest BCUT2D eigenvalue weighted by molar-refractivity contribution is 6.07. The minimum atomic E-state index is -4.47. The number of nitrogens with one attached hydrogen (secondary N) is 1. The van der Waals surface area contributed by atoms with Gasteiger partial charge in [0.25, 0.3) is 5.91 Å². The van der Waals surface area contributed by atoms with Gasteiger partial charge in [-0.25, -0.2) is 4.79 Å². The molecule has 0 aromatic heterocycles. The second kappa shape index (κ2) is 5.84. The second-order valence-electron chi connectivity index (χ2n) is 5.61. The largest absolute Gasteiger partial charge is 0.416 e. The maximum Gasteiger partial charge on any atom is 0.416 e. The third kappa shape index (κ3) is 3.17. The zero-order chi connectivity index (χ0) is 17.4. The van der Waals surface area contributed by atoms with Gasteiger partial charge in [0.2, 0.25) is 0 Å². The summed E-state index contributed by atoms with van der Waals surface area (Å²) in [6, 6.07) is 3.39. The van der Waals surface area contributed by atoms with Crippen LogP contribution in [0.5, 0.6) is 0 Å². The minimum absolute atomic E-state index is 0.155. The Bertz CT molecular complexity index is 615. The van der Waals surface area contributed by atoms with Gasteiger partial charge in [0.1, 0.15) is 5.54 Å². The van der Waals surface area contributed by atoms with Crippen LogP contribution in [0.4, 0.5) is 18.0 Å². The molecule has 0 aliphatic carbocycles. The van der Waals surface area contributed by atoms with E-state index in [4.69, 9.17) is 0 Å². The van der Waals surface area contributed by atoms with E-state index in [0.29, 0.717) is 6.42 Å². The van der Waals surface area contributed by atoms with Crippen molar-refractivity contribution in [3.8, 4) is 0 Å². The van der Waals surface area contributed by atoms with Crippen LogP contribution in [-0.2, 0) is 16.5 Å². The molecular formula is C15H17F3N2O3. The summed E-state index contributed by atoms with van der Waals surface area (Å²) in [6.07, 6.45) is -4.95. The Morgan fingerprint density at radius 3 is 2.30 bits per heavy atom. The molecule has 5 nitrogen and oxygen atoms in total. The number of imide groups is 1. The standard InChI is InChI=1S/C15H17F3N2O3/c1-3-11(21)8-20-12(22)14(2,19-13(20)23)9-4-6-10(7-5-9)15(16,17)18/h4-7,11,21H,3,8H2,1-2H3,(H,19,23).